The Balaban J connectivity index is 0.00000261. The van der Waals surface area contributed by atoms with E-state index in [1.807, 2.05) is 29.2 Å². The Labute approximate surface area is 183 Å². The van der Waals surface area contributed by atoms with Crippen LogP contribution in [0, 0.1) is 0 Å². The number of aliphatic imine (C=N–C) groups is 1. The van der Waals surface area contributed by atoms with Gasteiger partial charge in [0.15, 0.2) is 5.96 Å². The van der Waals surface area contributed by atoms with E-state index in [1.54, 1.807) is 7.05 Å². The van der Waals surface area contributed by atoms with E-state index in [-0.39, 0.29) is 29.9 Å². The summed E-state index contributed by atoms with van der Waals surface area (Å²) in [6, 6.07) is 8.22. The molecule has 6 nitrogen and oxygen atoms in total. The molecule has 2 saturated heterocycles. The number of guanidine groups is 1. The molecule has 0 saturated carbocycles. The fourth-order valence-corrected chi connectivity index (χ4v) is 3.77. The third-order valence-electron chi connectivity index (χ3n) is 5.28. The number of likely N-dealkylation sites (tertiary alicyclic amines) is 1. The first kappa shape index (κ1) is 22.2. The summed E-state index contributed by atoms with van der Waals surface area (Å²) in [5.74, 6) is 0.955. The van der Waals surface area contributed by atoms with Crippen molar-refractivity contribution in [2.45, 2.75) is 25.4 Å². The predicted molar refractivity (Wildman–Crippen MR) is 121 cm³/mol. The normalized spacial score (nSPS) is 21.4. The Morgan fingerprint density at radius 1 is 1.26 bits per heavy atom. The maximum Gasteiger partial charge on any atom is 0.242 e. The third-order valence-corrected chi connectivity index (χ3v) is 5.54. The monoisotopic (exact) mass is 505 g/mol. The number of carbonyl (C=O) groups excluding carboxylic acids is 1. The van der Waals surface area contributed by atoms with Gasteiger partial charge in [-0.15, -0.1) is 24.0 Å². The van der Waals surface area contributed by atoms with Crippen LogP contribution in [0.1, 0.15) is 18.4 Å². The summed E-state index contributed by atoms with van der Waals surface area (Å²) in [5.41, 5.74) is 1.10. The molecule has 2 aliphatic rings. The molecule has 0 aliphatic carbocycles. The van der Waals surface area contributed by atoms with Crippen LogP contribution in [0.4, 0.5) is 0 Å². The second kappa shape index (κ2) is 10.5. The largest absolute Gasteiger partial charge is 0.355 e. The summed E-state index contributed by atoms with van der Waals surface area (Å²) in [7, 11) is 3.95. The molecule has 2 heterocycles. The van der Waals surface area contributed by atoms with Gasteiger partial charge in [0.1, 0.15) is 0 Å². The maximum absolute atomic E-state index is 12.6. The number of rotatable bonds is 4. The number of likely N-dealkylation sites (N-methyl/N-ethyl adjacent to an activating group) is 1. The predicted octanol–water partition coefficient (Wildman–Crippen LogP) is 2.27. The summed E-state index contributed by atoms with van der Waals surface area (Å²) in [6.07, 6.45) is 2.47. The fraction of sp³-hybridized carbons (Fsp3) is 0.579. The topological polar surface area (TPSA) is 51.2 Å². The molecule has 1 aromatic rings. The Kier molecular flexibility index (Phi) is 8.62. The SMILES string of the molecule is CN=C(NCC1CCCN1C)N1CCN(Cc2ccc(Cl)cc2)C(=O)C1.I. The average Bonchev–Trinajstić information content (AvgIpc) is 3.04. The van der Waals surface area contributed by atoms with Crippen LogP contribution in [0.3, 0.4) is 0 Å². The van der Waals surface area contributed by atoms with E-state index in [0.717, 1.165) is 31.2 Å². The Morgan fingerprint density at radius 2 is 2.00 bits per heavy atom. The van der Waals surface area contributed by atoms with Crippen molar-refractivity contribution in [3.8, 4) is 0 Å². The van der Waals surface area contributed by atoms with Crippen LogP contribution in [-0.4, -0.2) is 79.4 Å². The standard InChI is InChI=1S/C19H28ClN5O.HI/c1-21-19(22-12-17-4-3-9-23(17)2)25-11-10-24(18(26)14-25)13-15-5-7-16(20)8-6-15;/h5-8,17H,3-4,9-14H2,1-2H3,(H,21,22);1H. The van der Waals surface area contributed by atoms with Crippen molar-refractivity contribution in [2.24, 2.45) is 4.99 Å². The van der Waals surface area contributed by atoms with Crippen LogP contribution in [0.15, 0.2) is 29.3 Å². The molecule has 0 bridgehead atoms. The maximum atomic E-state index is 12.6. The number of amides is 1. The van der Waals surface area contributed by atoms with Crippen LogP contribution in [-0.2, 0) is 11.3 Å². The lowest BCUT2D eigenvalue weighted by molar-refractivity contribution is -0.135. The van der Waals surface area contributed by atoms with Crippen LogP contribution in [0.25, 0.3) is 0 Å². The lowest BCUT2D eigenvalue weighted by atomic mass is 10.2. The van der Waals surface area contributed by atoms with Crippen molar-refractivity contribution in [1.29, 1.82) is 0 Å². The number of nitrogens with one attached hydrogen (secondary N) is 1. The van der Waals surface area contributed by atoms with E-state index in [4.69, 9.17) is 11.6 Å². The van der Waals surface area contributed by atoms with Crippen molar-refractivity contribution >= 4 is 47.4 Å². The number of nitrogens with zero attached hydrogens (tertiary/aromatic N) is 4. The molecule has 150 valence electrons. The molecule has 8 heteroatoms. The first-order valence-corrected chi connectivity index (χ1v) is 9.62. The van der Waals surface area contributed by atoms with Gasteiger partial charge < -0.3 is 20.0 Å². The quantitative estimate of drug-likeness (QED) is 0.388. The van der Waals surface area contributed by atoms with Gasteiger partial charge in [0.2, 0.25) is 5.91 Å². The second-order valence-electron chi connectivity index (χ2n) is 7.07. The Morgan fingerprint density at radius 3 is 2.59 bits per heavy atom. The number of hydrogen-bond donors (Lipinski definition) is 1. The molecule has 1 N–H and O–H groups in total. The molecule has 27 heavy (non-hydrogen) atoms. The zero-order valence-electron chi connectivity index (χ0n) is 16.0. The van der Waals surface area contributed by atoms with E-state index in [2.05, 4.69) is 27.2 Å². The second-order valence-corrected chi connectivity index (χ2v) is 7.50. The summed E-state index contributed by atoms with van der Waals surface area (Å²) in [5, 5.41) is 4.17. The molecule has 1 amide bonds. The van der Waals surface area contributed by atoms with E-state index in [9.17, 15) is 4.79 Å². The van der Waals surface area contributed by atoms with Gasteiger partial charge in [-0.25, -0.2) is 0 Å². The number of carbonyl (C=O) groups is 1. The van der Waals surface area contributed by atoms with Crippen molar-refractivity contribution in [1.82, 2.24) is 20.0 Å². The van der Waals surface area contributed by atoms with Crippen molar-refractivity contribution < 1.29 is 4.79 Å². The van der Waals surface area contributed by atoms with Gasteiger partial charge in [-0.05, 0) is 44.1 Å². The molecule has 1 atom stereocenters. The van der Waals surface area contributed by atoms with Crippen LogP contribution >= 0.6 is 35.6 Å². The smallest absolute Gasteiger partial charge is 0.242 e. The summed E-state index contributed by atoms with van der Waals surface area (Å²) in [6.45, 7) is 4.52. The highest BCUT2D eigenvalue weighted by Crippen LogP contribution is 2.15. The van der Waals surface area contributed by atoms with Crippen molar-refractivity contribution in [2.75, 3.05) is 46.8 Å². The molecule has 3 rings (SSSR count). The average molecular weight is 506 g/mol. The Bertz CT molecular complexity index is 654. The van der Waals surface area contributed by atoms with Gasteiger partial charge in [0, 0.05) is 44.3 Å². The lowest BCUT2D eigenvalue weighted by Gasteiger charge is -2.36. The minimum Gasteiger partial charge on any atom is -0.355 e. The molecule has 2 aliphatic heterocycles. The van der Waals surface area contributed by atoms with E-state index in [1.165, 1.54) is 12.8 Å². The highest BCUT2D eigenvalue weighted by Gasteiger charge is 2.27. The van der Waals surface area contributed by atoms with Gasteiger partial charge in [-0.3, -0.25) is 9.79 Å². The number of hydrogen-bond acceptors (Lipinski definition) is 3. The van der Waals surface area contributed by atoms with Gasteiger partial charge in [-0.1, -0.05) is 23.7 Å². The molecule has 0 radical (unpaired) electrons. The van der Waals surface area contributed by atoms with E-state index < -0.39 is 0 Å². The third kappa shape index (κ3) is 5.96. The van der Waals surface area contributed by atoms with Gasteiger partial charge in [0.05, 0.1) is 6.54 Å². The highest BCUT2D eigenvalue weighted by molar-refractivity contribution is 14.0. The molecular formula is C19H29ClIN5O. The Hall–Kier alpha value is -1.06. The van der Waals surface area contributed by atoms with Crippen LogP contribution in [0.5, 0.6) is 0 Å². The first-order chi connectivity index (χ1) is 12.6. The highest BCUT2D eigenvalue weighted by atomic mass is 127. The minimum absolute atomic E-state index is 0. The summed E-state index contributed by atoms with van der Waals surface area (Å²) >= 11 is 5.93. The van der Waals surface area contributed by atoms with Crippen LogP contribution < -0.4 is 5.32 Å². The number of halogens is 2. The van der Waals surface area contributed by atoms with E-state index >= 15 is 0 Å². The number of piperazine rings is 1. The number of benzene rings is 1. The molecule has 0 spiro atoms. The van der Waals surface area contributed by atoms with Crippen LogP contribution in [0.2, 0.25) is 5.02 Å². The van der Waals surface area contributed by atoms with E-state index in [0.29, 0.717) is 30.7 Å². The molecule has 2 fully saturated rings. The van der Waals surface area contributed by atoms with Gasteiger partial charge in [-0.2, -0.15) is 0 Å². The minimum atomic E-state index is 0. The fourth-order valence-electron chi connectivity index (χ4n) is 3.65. The molecule has 1 aromatic carbocycles. The van der Waals surface area contributed by atoms with Crippen molar-refractivity contribution in [3.05, 3.63) is 34.9 Å². The molecule has 1 unspecified atom stereocenters. The first-order valence-electron chi connectivity index (χ1n) is 9.25. The zero-order valence-corrected chi connectivity index (χ0v) is 19.1. The summed E-state index contributed by atoms with van der Waals surface area (Å²) < 4.78 is 0. The summed E-state index contributed by atoms with van der Waals surface area (Å²) in [4.78, 5) is 23.3. The van der Waals surface area contributed by atoms with Gasteiger partial charge in [0.25, 0.3) is 0 Å². The molecule has 0 aromatic heterocycles. The zero-order chi connectivity index (χ0) is 18.5. The van der Waals surface area contributed by atoms with Gasteiger partial charge >= 0.3 is 0 Å². The lowest BCUT2D eigenvalue weighted by Crippen LogP contribution is -2.55. The molecular weight excluding hydrogens is 477 g/mol. The van der Waals surface area contributed by atoms with Crippen molar-refractivity contribution in [3.63, 3.8) is 0 Å².